The Morgan fingerprint density at radius 2 is 1.76 bits per heavy atom. The Morgan fingerprint density at radius 1 is 1.10 bits per heavy atom. The van der Waals surface area contributed by atoms with Gasteiger partial charge in [-0.2, -0.15) is 0 Å². The van der Waals surface area contributed by atoms with Gasteiger partial charge in [-0.3, -0.25) is 0 Å². The van der Waals surface area contributed by atoms with Crippen molar-refractivity contribution in [3.05, 3.63) is 34.3 Å². The van der Waals surface area contributed by atoms with Crippen molar-refractivity contribution in [3.63, 3.8) is 0 Å². The maximum absolute atomic E-state index is 5.51. The minimum Gasteiger partial charge on any atom is -0.496 e. The first kappa shape index (κ1) is 15.6. The molecule has 0 aliphatic heterocycles. The van der Waals surface area contributed by atoms with E-state index >= 15 is 0 Å². The molecule has 2 rings (SSSR count). The van der Waals surface area contributed by atoms with Gasteiger partial charge in [0.05, 0.1) is 27.4 Å². The van der Waals surface area contributed by atoms with Crippen LogP contribution in [0.25, 0.3) is 0 Å². The summed E-state index contributed by atoms with van der Waals surface area (Å²) in [6.07, 6.45) is 1.80. The number of aromatic nitrogens is 1. The maximum atomic E-state index is 5.51. The second-order valence-corrected chi connectivity index (χ2v) is 5.24. The molecule has 0 aliphatic rings. The standard InChI is InChI=1S/C15H20N2O3S/c1-5-16-14(15-17-6-7-21-15)10-8-12(19-3)13(20-4)9-11(10)18-2/h6-9,14,16H,5H2,1-4H3. The molecular weight excluding hydrogens is 288 g/mol. The van der Waals surface area contributed by atoms with E-state index in [0.717, 1.165) is 22.9 Å². The highest BCUT2D eigenvalue weighted by Crippen LogP contribution is 2.39. The zero-order valence-electron chi connectivity index (χ0n) is 12.7. The largest absolute Gasteiger partial charge is 0.496 e. The van der Waals surface area contributed by atoms with Gasteiger partial charge in [-0.15, -0.1) is 11.3 Å². The molecule has 0 aliphatic carbocycles. The van der Waals surface area contributed by atoms with Gasteiger partial charge in [-0.1, -0.05) is 6.92 Å². The summed E-state index contributed by atoms with van der Waals surface area (Å²) in [5, 5.41) is 6.39. The van der Waals surface area contributed by atoms with Gasteiger partial charge in [0, 0.05) is 23.2 Å². The molecule has 1 aromatic carbocycles. The van der Waals surface area contributed by atoms with Gasteiger partial charge in [0.2, 0.25) is 0 Å². The predicted octanol–water partition coefficient (Wildman–Crippen LogP) is 2.87. The third-order valence-electron chi connectivity index (χ3n) is 3.15. The fourth-order valence-electron chi connectivity index (χ4n) is 2.19. The summed E-state index contributed by atoms with van der Waals surface area (Å²) < 4.78 is 16.2. The summed E-state index contributed by atoms with van der Waals surface area (Å²) in [4.78, 5) is 4.41. The van der Waals surface area contributed by atoms with Crippen molar-refractivity contribution in [1.82, 2.24) is 10.3 Å². The maximum Gasteiger partial charge on any atom is 0.164 e. The molecule has 0 radical (unpaired) electrons. The smallest absolute Gasteiger partial charge is 0.164 e. The Labute approximate surface area is 128 Å². The monoisotopic (exact) mass is 308 g/mol. The van der Waals surface area contributed by atoms with E-state index in [4.69, 9.17) is 14.2 Å². The number of thiazole rings is 1. The molecule has 1 aromatic heterocycles. The second-order valence-electron chi connectivity index (χ2n) is 4.31. The Kier molecular flexibility index (Phi) is 5.41. The summed E-state index contributed by atoms with van der Waals surface area (Å²) in [7, 11) is 4.88. The van der Waals surface area contributed by atoms with Crippen LogP contribution in [0.3, 0.4) is 0 Å². The molecule has 21 heavy (non-hydrogen) atoms. The number of ether oxygens (including phenoxy) is 3. The fourth-order valence-corrected chi connectivity index (χ4v) is 2.92. The van der Waals surface area contributed by atoms with Crippen LogP contribution in [0.5, 0.6) is 17.2 Å². The van der Waals surface area contributed by atoms with E-state index in [0.29, 0.717) is 11.5 Å². The third-order valence-corrected chi connectivity index (χ3v) is 3.99. The molecule has 0 saturated heterocycles. The molecule has 1 N–H and O–H groups in total. The topological polar surface area (TPSA) is 52.6 Å². The molecule has 0 spiro atoms. The lowest BCUT2D eigenvalue weighted by atomic mass is 10.0. The lowest BCUT2D eigenvalue weighted by molar-refractivity contribution is 0.346. The zero-order valence-corrected chi connectivity index (χ0v) is 13.5. The number of methoxy groups -OCH3 is 3. The summed E-state index contributed by atoms with van der Waals surface area (Å²) in [6.45, 7) is 2.88. The van der Waals surface area contributed by atoms with Gasteiger partial charge in [0.25, 0.3) is 0 Å². The van der Waals surface area contributed by atoms with E-state index in [1.165, 1.54) is 0 Å². The number of hydrogen-bond acceptors (Lipinski definition) is 6. The Bertz CT molecular complexity index is 573. The average molecular weight is 308 g/mol. The molecule has 1 atom stereocenters. The van der Waals surface area contributed by atoms with Crippen molar-refractivity contribution >= 4 is 11.3 Å². The van der Waals surface area contributed by atoms with Gasteiger partial charge in [0.15, 0.2) is 11.5 Å². The minimum atomic E-state index is -0.0373. The van der Waals surface area contributed by atoms with Crippen molar-refractivity contribution in [3.8, 4) is 17.2 Å². The lowest BCUT2D eigenvalue weighted by Crippen LogP contribution is -2.22. The Hall–Kier alpha value is -1.79. The van der Waals surface area contributed by atoms with Gasteiger partial charge in [-0.05, 0) is 12.6 Å². The number of benzene rings is 1. The summed E-state index contributed by atoms with van der Waals surface area (Å²) in [5.74, 6) is 2.06. The zero-order chi connectivity index (χ0) is 15.2. The fraction of sp³-hybridized carbons (Fsp3) is 0.400. The van der Waals surface area contributed by atoms with Crippen LogP contribution < -0.4 is 19.5 Å². The Morgan fingerprint density at radius 3 is 2.29 bits per heavy atom. The highest BCUT2D eigenvalue weighted by molar-refractivity contribution is 7.09. The molecule has 0 fully saturated rings. The van der Waals surface area contributed by atoms with Crippen LogP contribution in [-0.4, -0.2) is 32.9 Å². The molecule has 0 saturated carbocycles. The van der Waals surface area contributed by atoms with Gasteiger partial charge < -0.3 is 19.5 Å². The minimum absolute atomic E-state index is 0.0373. The molecule has 2 aromatic rings. The van der Waals surface area contributed by atoms with Crippen LogP contribution in [0.4, 0.5) is 0 Å². The first-order chi connectivity index (χ1) is 10.2. The van der Waals surface area contributed by atoms with Crippen LogP contribution in [0.15, 0.2) is 23.7 Å². The van der Waals surface area contributed by atoms with E-state index in [2.05, 4.69) is 17.2 Å². The molecule has 5 nitrogen and oxygen atoms in total. The van der Waals surface area contributed by atoms with E-state index in [-0.39, 0.29) is 6.04 Å². The number of nitrogens with zero attached hydrogens (tertiary/aromatic N) is 1. The highest BCUT2D eigenvalue weighted by atomic mass is 32.1. The van der Waals surface area contributed by atoms with Crippen molar-refractivity contribution in [2.75, 3.05) is 27.9 Å². The summed E-state index contributed by atoms with van der Waals surface area (Å²) in [5.41, 5.74) is 0.979. The number of nitrogens with one attached hydrogen (secondary N) is 1. The first-order valence-corrected chi connectivity index (χ1v) is 7.55. The second kappa shape index (κ2) is 7.28. The molecule has 1 unspecified atom stereocenters. The highest BCUT2D eigenvalue weighted by Gasteiger charge is 2.22. The van der Waals surface area contributed by atoms with Crippen LogP contribution >= 0.6 is 11.3 Å². The average Bonchev–Trinajstić information content (AvgIpc) is 3.05. The third kappa shape index (κ3) is 3.28. The SMILES string of the molecule is CCNC(c1nccs1)c1cc(OC)c(OC)cc1OC. The van der Waals surface area contributed by atoms with Crippen molar-refractivity contribution < 1.29 is 14.2 Å². The van der Waals surface area contributed by atoms with Crippen LogP contribution in [0, 0.1) is 0 Å². The predicted molar refractivity (Wildman–Crippen MR) is 83.7 cm³/mol. The lowest BCUT2D eigenvalue weighted by Gasteiger charge is -2.20. The number of hydrogen-bond donors (Lipinski definition) is 1. The quantitative estimate of drug-likeness (QED) is 0.852. The van der Waals surface area contributed by atoms with E-state index in [1.807, 2.05) is 17.5 Å². The van der Waals surface area contributed by atoms with Crippen LogP contribution in [-0.2, 0) is 0 Å². The summed E-state index contributed by atoms with van der Waals surface area (Å²) in [6, 6.07) is 3.74. The van der Waals surface area contributed by atoms with Crippen molar-refractivity contribution in [2.45, 2.75) is 13.0 Å². The van der Waals surface area contributed by atoms with Crippen molar-refractivity contribution in [2.24, 2.45) is 0 Å². The number of rotatable bonds is 7. The van der Waals surface area contributed by atoms with Gasteiger partial charge in [-0.25, -0.2) is 4.98 Å². The van der Waals surface area contributed by atoms with Gasteiger partial charge in [0.1, 0.15) is 10.8 Å². The van der Waals surface area contributed by atoms with E-state index in [1.54, 1.807) is 38.9 Å². The molecule has 0 amide bonds. The van der Waals surface area contributed by atoms with E-state index < -0.39 is 0 Å². The molecule has 6 heteroatoms. The molecule has 114 valence electrons. The Balaban J connectivity index is 2.53. The normalized spacial score (nSPS) is 12.0. The van der Waals surface area contributed by atoms with Crippen LogP contribution in [0.2, 0.25) is 0 Å². The first-order valence-electron chi connectivity index (χ1n) is 6.67. The van der Waals surface area contributed by atoms with Crippen LogP contribution in [0.1, 0.15) is 23.5 Å². The van der Waals surface area contributed by atoms with Gasteiger partial charge >= 0.3 is 0 Å². The molecule has 1 heterocycles. The van der Waals surface area contributed by atoms with Crippen molar-refractivity contribution in [1.29, 1.82) is 0 Å². The van der Waals surface area contributed by atoms with E-state index in [9.17, 15) is 0 Å². The molecule has 0 bridgehead atoms. The molecular formula is C15H20N2O3S. The summed E-state index contributed by atoms with van der Waals surface area (Å²) >= 11 is 1.61.